The molecule has 0 atom stereocenters. The van der Waals surface area contributed by atoms with Crippen LogP contribution in [0.3, 0.4) is 0 Å². The highest BCUT2D eigenvalue weighted by atomic mass is 79.9. The summed E-state index contributed by atoms with van der Waals surface area (Å²) in [6.07, 6.45) is 2.49. The van der Waals surface area contributed by atoms with Gasteiger partial charge in [0.2, 0.25) is 0 Å². The zero-order chi connectivity index (χ0) is 12.6. The molecule has 1 aromatic carbocycles. The minimum absolute atomic E-state index is 0.659. The summed E-state index contributed by atoms with van der Waals surface area (Å²) in [5.41, 5.74) is 1.40. The van der Waals surface area contributed by atoms with Gasteiger partial charge in [-0.2, -0.15) is 0 Å². The fourth-order valence-electron chi connectivity index (χ4n) is 2.14. The lowest BCUT2D eigenvalue weighted by Gasteiger charge is -2.19. The molecule has 0 bridgehead atoms. The summed E-state index contributed by atoms with van der Waals surface area (Å²) in [4.78, 5) is 0. The van der Waals surface area contributed by atoms with Crippen molar-refractivity contribution in [2.75, 3.05) is 14.2 Å². The molecule has 2 rings (SSSR count). The minimum atomic E-state index is -0.659. The van der Waals surface area contributed by atoms with E-state index < -0.39 is 5.60 Å². The summed E-state index contributed by atoms with van der Waals surface area (Å²) >= 11 is 3.55. The monoisotopic (exact) mass is 300 g/mol. The van der Waals surface area contributed by atoms with E-state index in [0.29, 0.717) is 11.5 Å². The molecule has 1 saturated carbocycles. The molecule has 1 N–H and O–H groups in total. The minimum Gasteiger partial charge on any atom is -0.493 e. The Kier molecular flexibility index (Phi) is 3.36. The van der Waals surface area contributed by atoms with E-state index in [4.69, 9.17) is 9.47 Å². The second kappa shape index (κ2) is 4.50. The van der Waals surface area contributed by atoms with Crippen LogP contribution in [0.25, 0.3) is 0 Å². The highest BCUT2D eigenvalue weighted by molar-refractivity contribution is 9.10. The number of hydrogen-bond donors (Lipinski definition) is 1. The van der Waals surface area contributed by atoms with Gasteiger partial charge in [0.1, 0.15) is 0 Å². The van der Waals surface area contributed by atoms with Crippen LogP contribution in [-0.2, 0) is 12.0 Å². The van der Waals surface area contributed by atoms with Gasteiger partial charge in [0, 0.05) is 0 Å². The summed E-state index contributed by atoms with van der Waals surface area (Å²) in [6.45, 7) is 2.07. The molecule has 94 valence electrons. The van der Waals surface area contributed by atoms with Crippen LogP contribution in [0, 0.1) is 0 Å². The Morgan fingerprint density at radius 2 is 2.00 bits per heavy atom. The van der Waals surface area contributed by atoms with Crippen LogP contribution < -0.4 is 9.47 Å². The summed E-state index contributed by atoms with van der Waals surface area (Å²) < 4.78 is 11.5. The molecule has 17 heavy (non-hydrogen) atoms. The van der Waals surface area contributed by atoms with Gasteiger partial charge in [-0.25, -0.2) is 0 Å². The quantitative estimate of drug-likeness (QED) is 0.929. The van der Waals surface area contributed by atoms with Crippen molar-refractivity contribution in [3.05, 3.63) is 21.7 Å². The second-order valence-electron chi connectivity index (χ2n) is 4.34. The maximum atomic E-state index is 10.3. The van der Waals surface area contributed by atoms with Gasteiger partial charge in [-0.1, -0.05) is 6.92 Å². The van der Waals surface area contributed by atoms with Crippen molar-refractivity contribution in [2.45, 2.75) is 31.8 Å². The highest BCUT2D eigenvalue weighted by Gasteiger charge is 2.44. The molecule has 3 nitrogen and oxygen atoms in total. The predicted molar refractivity (Wildman–Crippen MR) is 69.8 cm³/mol. The van der Waals surface area contributed by atoms with Gasteiger partial charge >= 0.3 is 0 Å². The first-order valence-corrected chi connectivity index (χ1v) is 6.53. The van der Waals surface area contributed by atoms with E-state index in [-0.39, 0.29) is 0 Å². The maximum Gasteiger partial charge on any atom is 0.175 e. The fraction of sp³-hybridized carbons (Fsp3) is 0.538. The van der Waals surface area contributed by atoms with Gasteiger partial charge in [-0.05, 0) is 52.4 Å². The first-order chi connectivity index (χ1) is 8.07. The van der Waals surface area contributed by atoms with E-state index in [9.17, 15) is 5.11 Å². The van der Waals surface area contributed by atoms with Crippen molar-refractivity contribution in [1.29, 1.82) is 0 Å². The maximum absolute atomic E-state index is 10.3. The van der Waals surface area contributed by atoms with Crippen molar-refractivity contribution in [1.82, 2.24) is 0 Å². The van der Waals surface area contributed by atoms with Crippen molar-refractivity contribution < 1.29 is 14.6 Å². The molecule has 0 amide bonds. The van der Waals surface area contributed by atoms with Crippen LogP contribution in [0.15, 0.2) is 10.5 Å². The molecular weight excluding hydrogens is 284 g/mol. The van der Waals surface area contributed by atoms with E-state index in [0.717, 1.165) is 34.9 Å². The van der Waals surface area contributed by atoms with Crippen LogP contribution in [0.5, 0.6) is 11.5 Å². The predicted octanol–water partition coefficient (Wildman–Crippen LogP) is 3.01. The van der Waals surface area contributed by atoms with E-state index in [1.54, 1.807) is 14.2 Å². The number of halogens is 1. The summed E-state index contributed by atoms with van der Waals surface area (Å²) in [6, 6.07) is 1.90. The van der Waals surface area contributed by atoms with Gasteiger partial charge in [-0.3, -0.25) is 0 Å². The average molecular weight is 301 g/mol. The Hall–Kier alpha value is -0.740. The number of ether oxygens (including phenoxy) is 2. The Balaban J connectivity index is 2.63. The van der Waals surface area contributed by atoms with Crippen LogP contribution in [0.4, 0.5) is 0 Å². The van der Waals surface area contributed by atoms with Crippen LogP contribution in [-0.4, -0.2) is 19.3 Å². The third-order valence-electron chi connectivity index (χ3n) is 3.29. The lowest BCUT2D eigenvalue weighted by atomic mass is 9.98. The first kappa shape index (κ1) is 12.7. The molecule has 0 spiro atoms. The normalized spacial score (nSPS) is 16.8. The van der Waals surface area contributed by atoms with Gasteiger partial charge in [-0.15, -0.1) is 0 Å². The summed E-state index contributed by atoms with van der Waals surface area (Å²) in [7, 11) is 3.23. The molecule has 0 aromatic heterocycles. The Morgan fingerprint density at radius 1 is 1.35 bits per heavy atom. The molecule has 0 unspecified atom stereocenters. The van der Waals surface area contributed by atoms with Crippen molar-refractivity contribution in [3.8, 4) is 11.5 Å². The van der Waals surface area contributed by atoms with Crippen molar-refractivity contribution in [3.63, 3.8) is 0 Å². The molecule has 0 saturated heterocycles. The number of methoxy groups -OCH3 is 2. The van der Waals surface area contributed by atoms with E-state index in [1.807, 2.05) is 6.07 Å². The van der Waals surface area contributed by atoms with Crippen LogP contribution >= 0.6 is 15.9 Å². The second-order valence-corrected chi connectivity index (χ2v) is 5.13. The molecule has 1 aliphatic carbocycles. The SMILES string of the molecule is CCc1c(C2(O)CC2)cc(OC)c(OC)c1Br. The molecule has 0 heterocycles. The first-order valence-electron chi connectivity index (χ1n) is 5.73. The molecular formula is C13H17BrO3. The Morgan fingerprint density at radius 3 is 2.41 bits per heavy atom. The molecule has 0 aliphatic heterocycles. The topological polar surface area (TPSA) is 38.7 Å². The fourth-order valence-corrected chi connectivity index (χ4v) is 2.99. The summed E-state index contributed by atoms with van der Waals surface area (Å²) in [5, 5.41) is 10.3. The zero-order valence-corrected chi connectivity index (χ0v) is 11.9. The summed E-state index contributed by atoms with van der Waals surface area (Å²) in [5.74, 6) is 1.35. The van der Waals surface area contributed by atoms with E-state index in [2.05, 4.69) is 22.9 Å². The van der Waals surface area contributed by atoms with Gasteiger partial charge in [0.25, 0.3) is 0 Å². The Labute approximate surface area is 110 Å². The van der Waals surface area contributed by atoms with Crippen molar-refractivity contribution in [2.24, 2.45) is 0 Å². The largest absolute Gasteiger partial charge is 0.493 e. The van der Waals surface area contributed by atoms with Crippen LogP contribution in [0.1, 0.15) is 30.9 Å². The molecule has 1 fully saturated rings. The highest BCUT2D eigenvalue weighted by Crippen LogP contribution is 2.51. The van der Waals surface area contributed by atoms with Gasteiger partial charge in [0.05, 0.1) is 24.3 Å². The average Bonchev–Trinajstić information content (AvgIpc) is 3.07. The molecule has 1 aromatic rings. The molecule has 4 heteroatoms. The number of benzene rings is 1. The van der Waals surface area contributed by atoms with Gasteiger partial charge < -0.3 is 14.6 Å². The Bertz CT molecular complexity index is 439. The van der Waals surface area contributed by atoms with Gasteiger partial charge in [0.15, 0.2) is 11.5 Å². The number of rotatable bonds is 4. The lowest BCUT2D eigenvalue weighted by Crippen LogP contribution is -2.10. The van der Waals surface area contributed by atoms with E-state index >= 15 is 0 Å². The standard InChI is InChI=1S/C13H17BrO3/c1-4-8-9(13(15)5-6-13)7-10(16-2)12(17-3)11(8)14/h7,15H,4-6H2,1-3H3. The number of aliphatic hydroxyl groups is 1. The molecule has 0 radical (unpaired) electrons. The molecule has 1 aliphatic rings. The number of hydrogen-bond acceptors (Lipinski definition) is 3. The van der Waals surface area contributed by atoms with Crippen molar-refractivity contribution >= 4 is 15.9 Å². The zero-order valence-electron chi connectivity index (χ0n) is 10.3. The van der Waals surface area contributed by atoms with Crippen LogP contribution in [0.2, 0.25) is 0 Å². The third kappa shape index (κ3) is 2.04. The lowest BCUT2D eigenvalue weighted by molar-refractivity contribution is 0.150. The third-order valence-corrected chi connectivity index (χ3v) is 4.13. The van der Waals surface area contributed by atoms with E-state index in [1.165, 1.54) is 0 Å². The smallest absolute Gasteiger partial charge is 0.175 e.